The summed E-state index contributed by atoms with van der Waals surface area (Å²) in [7, 11) is 0. The van der Waals surface area contributed by atoms with Crippen molar-refractivity contribution in [1.82, 2.24) is 20.1 Å². The third-order valence-corrected chi connectivity index (χ3v) is 4.26. The zero-order valence-corrected chi connectivity index (χ0v) is 15.2. The van der Waals surface area contributed by atoms with E-state index in [4.69, 9.17) is 23.8 Å². The summed E-state index contributed by atoms with van der Waals surface area (Å²) in [4.78, 5) is 12.3. The molecule has 5 nitrogen and oxygen atoms in total. The lowest BCUT2D eigenvalue weighted by molar-refractivity contribution is -0.121. The van der Waals surface area contributed by atoms with E-state index in [1.54, 1.807) is 10.6 Å². The van der Waals surface area contributed by atoms with E-state index in [9.17, 15) is 4.79 Å². The van der Waals surface area contributed by atoms with E-state index in [0.717, 1.165) is 16.7 Å². The molecule has 0 atom stereocenters. The van der Waals surface area contributed by atoms with Gasteiger partial charge in [-0.15, -0.1) is 0 Å². The number of halogens is 1. The number of nitrogens with one attached hydrogen (secondary N) is 2. The molecule has 2 N–H and O–H groups in total. The van der Waals surface area contributed by atoms with Crippen LogP contribution in [0, 0.1) is 11.7 Å². The van der Waals surface area contributed by atoms with Crippen molar-refractivity contribution in [2.75, 3.05) is 0 Å². The number of hydrogen-bond donors (Lipinski definition) is 2. The summed E-state index contributed by atoms with van der Waals surface area (Å²) in [6.45, 7) is 2.51. The zero-order chi connectivity index (χ0) is 17.8. The van der Waals surface area contributed by atoms with Gasteiger partial charge in [0.2, 0.25) is 5.91 Å². The summed E-state index contributed by atoms with van der Waals surface area (Å²) in [6.07, 6.45) is 0. The molecule has 1 heterocycles. The molecule has 3 aromatic rings. The Morgan fingerprint density at radius 1 is 1.28 bits per heavy atom. The number of aromatic amines is 1. The third-order valence-electron chi connectivity index (χ3n) is 3.71. The van der Waals surface area contributed by atoms with Crippen LogP contribution in [-0.2, 0) is 17.9 Å². The molecule has 0 aliphatic rings. The van der Waals surface area contributed by atoms with E-state index >= 15 is 0 Å². The highest BCUT2D eigenvalue weighted by atomic mass is 35.5. The second kappa shape index (κ2) is 7.63. The average molecular weight is 373 g/mol. The highest BCUT2D eigenvalue weighted by Crippen LogP contribution is 2.18. The lowest BCUT2D eigenvalue weighted by atomic mass is 10.1. The molecule has 1 amide bonds. The van der Waals surface area contributed by atoms with Gasteiger partial charge in [0.1, 0.15) is 6.54 Å². The predicted octanol–water partition coefficient (Wildman–Crippen LogP) is 3.89. The summed E-state index contributed by atoms with van der Waals surface area (Å²) in [5.41, 5.74) is 2.97. The second-order valence-electron chi connectivity index (χ2n) is 5.71. The second-order valence-corrected chi connectivity index (χ2v) is 6.54. The predicted molar refractivity (Wildman–Crippen MR) is 101 cm³/mol. The van der Waals surface area contributed by atoms with Crippen molar-refractivity contribution in [1.29, 1.82) is 0 Å². The largest absolute Gasteiger partial charge is 0.350 e. The standard InChI is InChI=1S/C18H17ClN4OS/c1-12-4-2-6-14(8-12)17-21-22-18(25)23(17)11-16(24)20-10-13-5-3-7-15(19)9-13/h2-9H,10-11H2,1H3,(H,20,24)(H,22,25). The Kier molecular flexibility index (Phi) is 5.31. The van der Waals surface area contributed by atoms with Crippen LogP contribution in [0.25, 0.3) is 11.4 Å². The van der Waals surface area contributed by atoms with E-state index in [1.165, 1.54) is 0 Å². The number of nitrogens with zero attached hydrogens (tertiary/aromatic N) is 2. The van der Waals surface area contributed by atoms with Gasteiger partial charge in [-0.1, -0.05) is 47.5 Å². The number of hydrogen-bond acceptors (Lipinski definition) is 3. The van der Waals surface area contributed by atoms with Crippen LogP contribution < -0.4 is 5.32 Å². The molecule has 0 spiro atoms. The molecule has 1 aromatic heterocycles. The molecule has 0 fully saturated rings. The highest BCUT2D eigenvalue weighted by molar-refractivity contribution is 7.71. The number of aromatic nitrogens is 3. The monoisotopic (exact) mass is 372 g/mol. The van der Waals surface area contributed by atoms with Crippen molar-refractivity contribution in [3.63, 3.8) is 0 Å². The van der Waals surface area contributed by atoms with Gasteiger partial charge in [0, 0.05) is 17.1 Å². The maximum Gasteiger partial charge on any atom is 0.240 e. The first kappa shape index (κ1) is 17.4. The number of H-pyrrole nitrogens is 1. The van der Waals surface area contributed by atoms with Crippen LogP contribution in [0.3, 0.4) is 0 Å². The van der Waals surface area contributed by atoms with E-state index in [1.807, 2.05) is 49.4 Å². The van der Waals surface area contributed by atoms with Crippen molar-refractivity contribution in [3.8, 4) is 11.4 Å². The van der Waals surface area contributed by atoms with Crippen LogP contribution in [0.4, 0.5) is 0 Å². The fourth-order valence-corrected chi connectivity index (χ4v) is 2.93. The third kappa shape index (κ3) is 4.35. The van der Waals surface area contributed by atoms with Crippen LogP contribution in [0.2, 0.25) is 5.02 Å². The first-order chi connectivity index (χ1) is 12.0. The first-order valence-corrected chi connectivity index (χ1v) is 8.55. The van der Waals surface area contributed by atoms with Gasteiger partial charge in [-0.05, 0) is 42.9 Å². The number of rotatable bonds is 5. The van der Waals surface area contributed by atoms with Gasteiger partial charge < -0.3 is 5.32 Å². The van der Waals surface area contributed by atoms with Gasteiger partial charge in [-0.2, -0.15) is 5.10 Å². The van der Waals surface area contributed by atoms with Crippen LogP contribution in [-0.4, -0.2) is 20.7 Å². The molecule has 128 valence electrons. The Bertz CT molecular complexity index is 963. The van der Waals surface area contributed by atoms with Crippen LogP contribution in [0.1, 0.15) is 11.1 Å². The summed E-state index contributed by atoms with van der Waals surface area (Å²) in [5.74, 6) is 0.498. The maximum absolute atomic E-state index is 12.3. The minimum atomic E-state index is -0.147. The van der Waals surface area contributed by atoms with Crippen LogP contribution >= 0.6 is 23.8 Å². The number of carbonyl (C=O) groups excluding carboxylic acids is 1. The molecule has 0 bridgehead atoms. The molecule has 7 heteroatoms. The van der Waals surface area contributed by atoms with Crippen molar-refractivity contribution < 1.29 is 4.79 Å². The van der Waals surface area contributed by atoms with E-state index in [2.05, 4.69) is 15.5 Å². The molecule has 0 radical (unpaired) electrons. The summed E-state index contributed by atoms with van der Waals surface area (Å²) in [6, 6.07) is 15.3. The SMILES string of the molecule is Cc1cccc(-c2n[nH]c(=S)n2CC(=O)NCc2cccc(Cl)c2)c1. The van der Waals surface area contributed by atoms with E-state index < -0.39 is 0 Å². The molecule has 0 saturated heterocycles. The fraction of sp³-hybridized carbons (Fsp3) is 0.167. The number of aryl methyl sites for hydroxylation is 1. The molecule has 3 rings (SSSR count). The van der Waals surface area contributed by atoms with Crippen LogP contribution in [0.15, 0.2) is 48.5 Å². The Balaban J connectivity index is 1.73. The average Bonchev–Trinajstić information content (AvgIpc) is 2.94. The van der Waals surface area contributed by atoms with Gasteiger partial charge in [0.15, 0.2) is 10.6 Å². The molecule has 0 aliphatic carbocycles. The normalized spacial score (nSPS) is 10.6. The van der Waals surface area contributed by atoms with Gasteiger partial charge in [-0.3, -0.25) is 14.5 Å². The van der Waals surface area contributed by atoms with Gasteiger partial charge in [0.05, 0.1) is 0 Å². The lowest BCUT2D eigenvalue weighted by Gasteiger charge is -2.09. The van der Waals surface area contributed by atoms with Crippen LogP contribution in [0.5, 0.6) is 0 Å². The molecule has 0 unspecified atom stereocenters. The summed E-state index contributed by atoms with van der Waals surface area (Å²) >= 11 is 11.2. The summed E-state index contributed by atoms with van der Waals surface area (Å²) < 4.78 is 2.10. The van der Waals surface area contributed by atoms with E-state index in [-0.39, 0.29) is 12.5 Å². The van der Waals surface area contributed by atoms with Crippen molar-refractivity contribution in [2.45, 2.75) is 20.0 Å². The quantitative estimate of drug-likeness (QED) is 0.668. The lowest BCUT2D eigenvalue weighted by Crippen LogP contribution is -2.27. The highest BCUT2D eigenvalue weighted by Gasteiger charge is 2.12. The van der Waals surface area contributed by atoms with Crippen molar-refractivity contribution in [2.24, 2.45) is 0 Å². The molecule has 25 heavy (non-hydrogen) atoms. The van der Waals surface area contributed by atoms with Gasteiger partial charge in [0.25, 0.3) is 0 Å². The first-order valence-electron chi connectivity index (χ1n) is 7.76. The van der Waals surface area contributed by atoms with Gasteiger partial charge in [-0.25, -0.2) is 0 Å². The molecule has 0 aliphatic heterocycles. The zero-order valence-electron chi connectivity index (χ0n) is 13.6. The maximum atomic E-state index is 12.3. The number of benzene rings is 2. The number of amides is 1. The minimum Gasteiger partial charge on any atom is -0.350 e. The number of carbonyl (C=O) groups is 1. The fourth-order valence-electron chi connectivity index (χ4n) is 2.52. The van der Waals surface area contributed by atoms with Crippen molar-refractivity contribution in [3.05, 3.63) is 69.5 Å². The smallest absolute Gasteiger partial charge is 0.240 e. The molecule has 0 saturated carbocycles. The van der Waals surface area contributed by atoms with Crippen molar-refractivity contribution >= 4 is 29.7 Å². The Labute approximate surface area is 155 Å². The molecular formula is C18H17ClN4OS. The minimum absolute atomic E-state index is 0.0964. The summed E-state index contributed by atoms with van der Waals surface area (Å²) in [5, 5.41) is 10.5. The molecular weight excluding hydrogens is 356 g/mol. The Hall–Kier alpha value is -2.44. The Morgan fingerprint density at radius 2 is 2.08 bits per heavy atom. The topological polar surface area (TPSA) is 62.7 Å². The Morgan fingerprint density at radius 3 is 2.84 bits per heavy atom. The molecule has 2 aromatic carbocycles. The van der Waals surface area contributed by atoms with Gasteiger partial charge >= 0.3 is 0 Å². The van der Waals surface area contributed by atoms with E-state index in [0.29, 0.717) is 22.2 Å².